The summed E-state index contributed by atoms with van der Waals surface area (Å²) in [5, 5.41) is 2.87. The smallest absolute Gasteiger partial charge is 0.411 e. The lowest BCUT2D eigenvalue weighted by molar-refractivity contribution is -0.154. The van der Waals surface area contributed by atoms with Crippen molar-refractivity contribution in [3.8, 4) is 22.6 Å². The quantitative estimate of drug-likeness (QED) is 0.317. The van der Waals surface area contributed by atoms with Crippen molar-refractivity contribution in [3.63, 3.8) is 0 Å². The molecule has 0 heterocycles. The number of benzene rings is 3. The van der Waals surface area contributed by atoms with Crippen molar-refractivity contribution >= 4 is 17.7 Å². The highest BCUT2D eigenvalue weighted by Crippen LogP contribution is 2.44. The Morgan fingerprint density at radius 1 is 0.868 bits per heavy atom. The zero-order valence-electron chi connectivity index (χ0n) is 22.6. The lowest BCUT2D eigenvalue weighted by atomic mass is 9.98. The van der Waals surface area contributed by atoms with Gasteiger partial charge in [0.1, 0.15) is 12.2 Å². The van der Waals surface area contributed by atoms with Crippen LogP contribution in [0.25, 0.3) is 11.1 Å². The molecule has 200 valence electrons. The van der Waals surface area contributed by atoms with E-state index in [1.165, 1.54) is 25.3 Å². The molecule has 7 heteroatoms. The number of carbonyl (C=O) groups is 2. The maximum Gasteiger partial charge on any atom is 0.411 e. The third kappa shape index (κ3) is 6.10. The Balaban J connectivity index is 1.47. The molecule has 1 aliphatic carbocycles. The number of ether oxygens (including phenoxy) is 4. The van der Waals surface area contributed by atoms with Gasteiger partial charge >= 0.3 is 12.1 Å². The van der Waals surface area contributed by atoms with E-state index in [1.54, 1.807) is 6.07 Å². The molecular weight excluding hydrogens is 482 g/mol. The fourth-order valence-electron chi connectivity index (χ4n) is 4.87. The first kappa shape index (κ1) is 27.0. The molecule has 1 aliphatic rings. The SMILES string of the molecule is COc1ccc(CCCC(=O)OC(C)(C)C)c(NC(=O)OCC2c3ccccc3-c3ccccc32)c1OC. The Hall–Kier alpha value is -4.00. The van der Waals surface area contributed by atoms with E-state index in [0.717, 1.165) is 16.7 Å². The number of fused-ring (bicyclic) bond motifs is 3. The minimum absolute atomic E-state index is 0.0475. The highest BCUT2D eigenvalue weighted by atomic mass is 16.6. The molecule has 0 spiro atoms. The molecule has 3 aromatic rings. The van der Waals surface area contributed by atoms with Crippen LogP contribution in [-0.4, -0.2) is 38.5 Å². The highest BCUT2D eigenvalue weighted by Gasteiger charge is 2.29. The van der Waals surface area contributed by atoms with Gasteiger partial charge in [0, 0.05) is 12.3 Å². The molecule has 38 heavy (non-hydrogen) atoms. The lowest BCUT2D eigenvalue weighted by Gasteiger charge is -2.20. The first-order chi connectivity index (χ1) is 18.2. The summed E-state index contributed by atoms with van der Waals surface area (Å²) in [5.74, 6) is 0.575. The molecule has 1 amide bonds. The maximum absolute atomic E-state index is 13.0. The molecule has 0 aliphatic heterocycles. The zero-order valence-corrected chi connectivity index (χ0v) is 22.6. The molecule has 3 aromatic carbocycles. The number of methoxy groups -OCH3 is 2. The van der Waals surface area contributed by atoms with Gasteiger partial charge in [-0.2, -0.15) is 0 Å². The molecule has 0 bridgehead atoms. The van der Waals surface area contributed by atoms with Gasteiger partial charge in [0.15, 0.2) is 11.5 Å². The third-order valence-corrected chi connectivity index (χ3v) is 6.45. The number of carbonyl (C=O) groups excluding carboxylic acids is 2. The molecule has 0 unspecified atom stereocenters. The summed E-state index contributed by atoms with van der Waals surface area (Å²) >= 11 is 0. The van der Waals surface area contributed by atoms with E-state index in [2.05, 4.69) is 29.6 Å². The van der Waals surface area contributed by atoms with E-state index >= 15 is 0 Å². The summed E-state index contributed by atoms with van der Waals surface area (Å²) in [6.07, 6.45) is 0.741. The monoisotopic (exact) mass is 517 g/mol. The Kier molecular flexibility index (Phi) is 8.25. The Morgan fingerprint density at radius 2 is 1.50 bits per heavy atom. The summed E-state index contributed by atoms with van der Waals surface area (Å²) in [6.45, 7) is 5.72. The van der Waals surface area contributed by atoms with Crippen LogP contribution in [0, 0.1) is 0 Å². The van der Waals surface area contributed by atoms with E-state index in [9.17, 15) is 9.59 Å². The number of anilines is 1. The minimum atomic E-state index is -0.591. The average Bonchev–Trinajstić information content (AvgIpc) is 3.20. The molecular formula is C31H35NO6. The number of hydrogen-bond acceptors (Lipinski definition) is 6. The van der Waals surface area contributed by atoms with Crippen LogP contribution >= 0.6 is 0 Å². The second-order valence-corrected chi connectivity index (χ2v) is 10.2. The number of aryl methyl sites for hydroxylation is 1. The molecule has 0 atom stereocenters. The van der Waals surface area contributed by atoms with Gasteiger partial charge in [-0.05, 0) is 67.5 Å². The van der Waals surface area contributed by atoms with Crippen molar-refractivity contribution in [2.24, 2.45) is 0 Å². The Bertz CT molecular complexity index is 1260. The molecule has 1 N–H and O–H groups in total. The Morgan fingerprint density at radius 3 is 2.08 bits per heavy atom. The largest absolute Gasteiger partial charge is 0.493 e. The molecule has 0 saturated heterocycles. The van der Waals surface area contributed by atoms with Gasteiger partial charge < -0.3 is 18.9 Å². The zero-order chi connectivity index (χ0) is 27.3. The van der Waals surface area contributed by atoms with E-state index in [-0.39, 0.29) is 24.9 Å². The van der Waals surface area contributed by atoms with Gasteiger partial charge in [-0.1, -0.05) is 54.6 Å². The molecule has 0 fully saturated rings. The van der Waals surface area contributed by atoms with Crippen LogP contribution in [0.2, 0.25) is 0 Å². The van der Waals surface area contributed by atoms with Crippen molar-refractivity contribution in [1.82, 2.24) is 0 Å². The van der Waals surface area contributed by atoms with Gasteiger partial charge in [-0.25, -0.2) is 4.79 Å². The summed E-state index contributed by atoms with van der Waals surface area (Å²) in [4.78, 5) is 25.2. The van der Waals surface area contributed by atoms with Crippen LogP contribution in [0.5, 0.6) is 11.5 Å². The molecule has 4 rings (SSSR count). The van der Waals surface area contributed by atoms with Crippen LogP contribution in [-0.2, 0) is 20.7 Å². The van der Waals surface area contributed by atoms with Gasteiger partial charge in [0.25, 0.3) is 0 Å². The van der Waals surface area contributed by atoms with Crippen molar-refractivity contribution in [1.29, 1.82) is 0 Å². The van der Waals surface area contributed by atoms with Crippen molar-refractivity contribution in [3.05, 3.63) is 77.4 Å². The van der Waals surface area contributed by atoms with Crippen molar-refractivity contribution < 1.29 is 28.5 Å². The standard InChI is InChI=1S/C31H35NO6/c1-31(2,3)38-27(33)16-10-11-20-17-18-26(35-4)29(36-5)28(20)32-30(34)37-19-25-23-14-8-6-12-21(23)22-13-7-9-15-24(22)25/h6-9,12-15,17-18,25H,10-11,16,19H2,1-5H3,(H,32,34). The topological polar surface area (TPSA) is 83.1 Å². The summed E-state index contributed by atoms with van der Waals surface area (Å²) in [6, 6.07) is 20.0. The average molecular weight is 518 g/mol. The fourth-order valence-corrected chi connectivity index (χ4v) is 4.87. The number of nitrogens with one attached hydrogen (secondary N) is 1. The van der Waals surface area contributed by atoms with Crippen LogP contribution in [0.15, 0.2) is 60.7 Å². The summed E-state index contributed by atoms with van der Waals surface area (Å²) < 4.78 is 22.2. The van der Waals surface area contributed by atoms with Crippen LogP contribution in [0.4, 0.5) is 10.5 Å². The van der Waals surface area contributed by atoms with E-state index in [1.807, 2.05) is 51.1 Å². The summed E-state index contributed by atoms with van der Waals surface area (Å²) in [5.41, 5.74) is 5.36. The number of rotatable bonds is 9. The van der Waals surface area contributed by atoms with Crippen LogP contribution in [0.3, 0.4) is 0 Å². The molecule has 0 radical (unpaired) electrons. The van der Waals surface area contributed by atoms with Crippen molar-refractivity contribution in [2.45, 2.75) is 51.6 Å². The van der Waals surface area contributed by atoms with Gasteiger partial charge in [0.05, 0.1) is 19.9 Å². The number of esters is 1. The van der Waals surface area contributed by atoms with Gasteiger partial charge in [-0.3, -0.25) is 10.1 Å². The van der Waals surface area contributed by atoms with Gasteiger partial charge in [0.2, 0.25) is 0 Å². The number of amides is 1. The summed E-state index contributed by atoms with van der Waals surface area (Å²) in [7, 11) is 3.06. The van der Waals surface area contributed by atoms with Gasteiger partial charge in [-0.15, -0.1) is 0 Å². The normalized spacial score (nSPS) is 12.3. The van der Waals surface area contributed by atoms with E-state index in [0.29, 0.717) is 30.0 Å². The van der Waals surface area contributed by atoms with Crippen LogP contribution in [0.1, 0.15) is 56.2 Å². The molecule has 0 aromatic heterocycles. The highest BCUT2D eigenvalue weighted by molar-refractivity contribution is 5.89. The molecule has 0 saturated carbocycles. The third-order valence-electron chi connectivity index (χ3n) is 6.45. The first-order valence-electron chi connectivity index (χ1n) is 12.8. The molecule has 7 nitrogen and oxygen atoms in total. The predicted octanol–water partition coefficient (Wildman–Crippen LogP) is 6.73. The van der Waals surface area contributed by atoms with Crippen molar-refractivity contribution in [2.75, 3.05) is 26.1 Å². The maximum atomic E-state index is 13.0. The minimum Gasteiger partial charge on any atom is -0.493 e. The number of hydrogen-bond donors (Lipinski definition) is 1. The first-order valence-corrected chi connectivity index (χ1v) is 12.8. The Labute approximate surface area is 224 Å². The lowest BCUT2D eigenvalue weighted by Crippen LogP contribution is -2.23. The van der Waals surface area contributed by atoms with Crippen LogP contribution < -0.4 is 14.8 Å². The van der Waals surface area contributed by atoms with E-state index in [4.69, 9.17) is 18.9 Å². The fraction of sp³-hybridized carbons (Fsp3) is 0.355. The van der Waals surface area contributed by atoms with E-state index < -0.39 is 11.7 Å². The second-order valence-electron chi connectivity index (χ2n) is 10.2. The predicted molar refractivity (Wildman–Crippen MR) is 147 cm³/mol. The second kappa shape index (κ2) is 11.6.